The molecule has 0 saturated carbocycles. The van der Waals surface area contributed by atoms with E-state index < -0.39 is 0 Å². The van der Waals surface area contributed by atoms with Gasteiger partial charge in [0.15, 0.2) is 0 Å². The van der Waals surface area contributed by atoms with E-state index in [2.05, 4.69) is 0 Å². The van der Waals surface area contributed by atoms with Crippen molar-refractivity contribution in [3.8, 4) is 0 Å². The number of nitrogens with zero attached hydrogens (tertiary/aromatic N) is 1. The van der Waals surface area contributed by atoms with Crippen LogP contribution in [-0.2, 0) is 9.53 Å². The first-order valence-corrected chi connectivity index (χ1v) is 3.64. The Labute approximate surface area is 68.3 Å². The van der Waals surface area contributed by atoms with Crippen molar-refractivity contribution in [3.05, 3.63) is 0 Å². The lowest BCUT2D eigenvalue weighted by Gasteiger charge is -2.24. The molecular weight excluding hydrogens is 142 g/mol. The lowest BCUT2D eigenvalue weighted by Crippen LogP contribution is -2.37. The zero-order chi connectivity index (χ0) is 9.07. The van der Waals surface area contributed by atoms with Gasteiger partial charge in [-0.05, 0) is 0 Å². The molecule has 11 heavy (non-hydrogen) atoms. The van der Waals surface area contributed by atoms with Gasteiger partial charge >= 0.3 is 0 Å². The van der Waals surface area contributed by atoms with E-state index in [0.717, 1.165) is 0 Å². The van der Waals surface area contributed by atoms with Crippen molar-refractivity contribution in [3.63, 3.8) is 0 Å². The van der Waals surface area contributed by atoms with Crippen molar-refractivity contribution in [1.82, 2.24) is 4.90 Å². The van der Waals surface area contributed by atoms with Crippen LogP contribution in [0.4, 0.5) is 0 Å². The first-order valence-electron chi connectivity index (χ1n) is 3.64. The SMILES string of the molecule is COCN(C)C(=O)C(C)(C)C. The summed E-state index contributed by atoms with van der Waals surface area (Å²) in [6, 6.07) is 0. The van der Waals surface area contributed by atoms with Gasteiger partial charge in [-0.3, -0.25) is 4.79 Å². The molecule has 0 fully saturated rings. The molecule has 0 heterocycles. The Balaban J connectivity index is 4.03. The van der Waals surface area contributed by atoms with Gasteiger partial charge in [0.25, 0.3) is 0 Å². The molecule has 0 aromatic rings. The highest BCUT2D eigenvalue weighted by atomic mass is 16.5. The standard InChI is InChI=1S/C8H17NO2/c1-8(2,3)7(10)9(4)6-11-5/h6H2,1-5H3. The number of hydrogen-bond acceptors (Lipinski definition) is 2. The van der Waals surface area contributed by atoms with E-state index in [4.69, 9.17) is 4.74 Å². The van der Waals surface area contributed by atoms with Crippen molar-refractivity contribution < 1.29 is 9.53 Å². The fraction of sp³-hybridized carbons (Fsp3) is 0.875. The van der Waals surface area contributed by atoms with Crippen molar-refractivity contribution >= 4 is 5.91 Å². The van der Waals surface area contributed by atoms with Crippen LogP contribution in [0.25, 0.3) is 0 Å². The molecule has 0 rings (SSSR count). The molecule has 0 spiro atoms. The summed E-state index contributed by atoms with van der Waals surface area (Å²) in [7, 11) is 3.31. The average Bonchev–Trinajstić information content (AvgIpc) is 1.85. The highest BCUT2D eigenvalue weighted by Gasteiger charge is 2.24. The zero-order valence-electron chi connectivity index (χ0n) is 7.97. The van der Waals surface area contributed by atoms with Crippen molar-refractivity contribution in [2.24, 2.45) is 5.41 Å². The summed E-state index contributed by atoms with van der Waals surface area (Å²) in [6.07, 6.45) is 0. The second kappa shape index (κ2) is 3.72. The number of hydrogen-bond donors (Lipinski definition) is 0. The van der Waals surface area contributed by atoms with Crippen LogP contribution in [0.5, 0.6) is 0 Å². The van der Waals surface area contributed by atoms with Gasteiger partial charge in [0.05, 0.1) is 0 Å². The van der Waals surface area contributed by atoms with E-state index in [1.54, 1.807) is 19.1 Å². The Kier molecular flexibility index (Phi) is 3.52. The van der Waals surface area contributed by atoms with Crippen LogP contribution in [0.3, 0.4) is 0 Å². The van der Waals surface area contributed by atoms with Crippen molar-refractivity contribution in [1.29, 1.82) is 0 Å². The molecule has 0 N–H and O–H groups in total. The van der Waals surface area contributed by atoms with E-state index in [0.29, 0.717) is 6.73 Å². The minimum absolute atomic E-state index is 0.0966. The van der Waals surface area contributed by atoms with E-state index in [9.17, 15) is 4.79 Å². The molecule has 0 aliphatic heterocycles. The summed E-state index contributed by atoms with van der Waals surface area (Å²) in [5, 5.41) is 0. The monoisotopic (exact) mass is 159 g/mol. The predicted molar refractivity (Wildman–Crippen MR) is 44.1 cm³/mol. The molecule has 0 radical (unpaired) electrons. The van der Waals surface area contributed by atoms with Gasteiger partial charge in [0.1, 0.15) is 6.73 Å². The Morgan fingerprint density at radius 2 is 1.91 bits per heavy atom. The summed E-state index contributed by atoms with van der Waals surface area (Å²) >= 11 is 0. The lowest BCUT2D eigenvalue weighted by atomic mass is 9.95. The predicted octanol–water partition coefficient (Wildman–Crippen LogP) is 1.09. The Morgan fingerprint density at radius 1 is 1.45 bits per heavy atom. The number of methoxy groups -OCH3 is 1. The molecule has 0 aliphatic carbocycles. The van der Waals surface area contributed by atoms with Gasteiger partial charge in [-0.25, -0.2) is 0 Å². The van der Waals surface area contributed by atoms with Crippen LogP contribution in [0, 0.1) is 5.41 Å². The van der Waals surface area contributed by atoms with E-state index >= 15 is 0 Å². The van der Waals surface area contributed by atoms with Crippen LogP contribution in [0.2, 0.25) is 0 Å². The molecule has 0 atom stereocenters. The van der Waals surface area contributed by atoms with Gasteiger partial charge in [-0.2, -0.15) is 0 Å². The third-order valence-corrected chi connectivity index (χ3v) is 1.31. The van der Waals surface area contributed by atoms with E-state index in [1.165, 1.54) is 0 Å². The second-order valence-electron chi connectivity index (χ2n) is 3.67. The molecule has 0 saturated heterocycles. The topological polar surface area (TPSA) is 29.5 Å². The van der Waals surface area contributed by atoms with Crippen LogP contribution in [-0.4, -0.2) is 31.7 Å². The summed E-state index contributed by atoms with van der Waals surface area (Å²) < 4.78 is 4.82. The fourth-order valence-corrected chi connectivity index (χ4v) is 0.825. The van der Waals surface area contributed by atoms with Crippen LogP contribution in [0.15, 0.2) is 0 Å². The number of ether oxygens (including phenoxy) is 1. The third-order valence-electron chi connectivity index (χ3n) is 1.31. The molecule has 0 aromatic heterocycles. The first-order chi connectivity index (χ1) is 4.89. The highest BCUT2D eigenvalue weighted by molar-refractivity contribution is 5.81. The van der Waals surface area contributed by atoms with Gasteiger partial charge in [0.2, 0.25) is 5.91 Å². The Bertz CT molecular complexity index is 138. The molecule has 66 valence electrons. The highest BCUT2D eigenvalue weighted by Crippen LogP contribution is 2.15. The molecular formula is C8H17NO2. The van der Waals surface area contributed by atoms with E-state index in [1.807, 2.05) is 20.8 Å². The molecule has 0 bridgehead atoms. The smallest absolute Gasteiger partial charge is 0.229 e. The van der Waals surface area contributed by atoms with Gasteiger partial charge in [-0.1, -0.05) is 20.8 Å². The van der Waals surface area contributed by atoms with Crippen molar-refractivity contribution in [2.45, 2.75) is 20.8 Å². The summed E-state index contributed by atoms with van der Waals surface area (Å²) in [5.74, 6) is 0.0966. The third kappa shape index (κ3) is 3.37. The molecule has 0 unspecified atom stereocenters. The van der Waals surface area contributed by atoms with Gasteiger partial charge in [0, 0.05) is 19.6 Å². The summed E-state index contributed by atoms with van der Waals surface area (Å²) in [6.45, 7) is 6.03. The average molecular weight is 159 g/mol. The number of carbonyl (C=O) groups excluding carboxylic acids is 1. The lowest BCUT2D eigenvalue weighted by molar-refractivity contribution is -0.142. The zero-order valence-corrected chi connectivity index (χ0v) is 7.97. The van der Waals surface area contributed by atoms with Crippen LogP contribution < -0.4 is 0 Å². The maximum absolute atomic E-state index is 11.4. The molecule has 0 aromatic carbocycles. The van der Waals surface area contributed by atoms with Crippen LogP contribution in [0.1, 0.15) is 20.8 Å². The summed E-state index contributed by atoms with van der Waals surface area (Å²) in [5.41, 5.74) is -0.312. The first kappa shape index (κ1) is 10.4. The van der Waals surface area contributed by atoms with Crippen LogP contribution >= 0.6 is 0 Å². The minimum Gasteiger partial charge on any atom is -0.364 e. The maximum atomic E-state index is 11.4. The Hall–Kier alpha value is -0.570. The number of rotatable bonds is 2. The molecule has 3 nitrogen and oxygen atoms in total. The normalized spacial score (nSPS) is 11.4. The quantitative estimate of drug-likeness (QED) is 0.564. The van der Waals surface area contributed by atoms with Gasteiger partial charge < -0.3 is 9.64 Å². The van der Waals surface area contributed by atoms with Gasteiger partial charge in [-0.15, -0.1) is 0 Å². The summed E-state index contributed by atoms with van der Waals surface area (Å²) in [4.78, 5) is 13.0. The minimum atomic E-state index is -0.312. The molecule has 3 heteroatoms. The maximum Gasteiger partial charge on any atom is 0.229 e. The fourth-order valence-electron chi connectivity index (χ4n) is 0.825. The van der Waals surface area contributed by atoms with Crippen molar-refractivity contribution in [2.75, 3.05) is 20.9 Å². The molecule has 1 amide bonds. The number of amides is 1. The number of carbonyl (C=O) groups is 1. The molecule has 0 aliphatic rings. The second-order valence-corrected chi connectivity index (χ2v) is 3.67. The largest absolute Gasteiger partial charge is 0.364 e. The van der Waals surface area contributed by atoms with E-state index in [-0.39, 0.29) is 11.3 Å². The Morgan fingerprint density at radius 3 is 2.18 bits per heavy atom.